The van der Waals surface area contributed by atoms with Gasteiger partial charge in [-0.15, -0.1) is 0 Å². The van der Waals surface area contributed by atoms with E-state index in [1.165, 1.54) is 0 Å². The van der Waals surface area contributed by atoms with Gasteiger partial charge in [0.05, 0.1) is 5.56 Å². The Hall–Kier alpha value is -1.78. The second kappa shape index (κ2) is 5.52. The molecular formula is C12H18N2O3. The van der Waals surface area contributed by atoms with Gasteiger partial charge in [0.15, 0.2) is 0 Å². The Kier molecular flexibility index (Phi) is 4.31. The zero-order valence-corrected chi connectivity index (χ0v) is 10.4. The van der Waals surface area contributed by atoms with E-state index >= 15 is 0 Å². The maximum atomic E-state index is 11.9. The topological polar surface area (TPSA) is 82.2 Å². The number of amides is 1. The Morgan fingerprint density at radius 3 is 2.47 bits per heavy atom. The van der Waals surface area contributed by atoms with Gasteiger partial charge in [-0.05, 0) is 25.3 Å². The fraction of sp³-hybridized carbons (Fsp3) is 0.500. The van der Waals surface area contributed by atoms with Crippen LogP contribution in [-0.4, -0.2) is 28.5 Å². The highest BCUT2D eigenvalue weighted by molar-refractivity contribution is 6.00. The van der Waals surface area contributed by atoms with E-state index in [-0.39, 0.29) is 11.6 Å². The van der Waals surface area contributed by atoms with Crippen molar-refractivity contribution in [3.8, 4) is 0 Å². The number of carboxylic acids is 1. The van der Waals surface area contributed by atoms with E-state index in [0.717, 1.165) is 6.42 Å². The molecule has 17 heavy (non-hydrogen) atoms. The highest BCUT2D eigenvalue weighted by atomic mass is 16.4. The zero-order valence-electron chi connectivity index (χ0n) is 10.4. The number of aromatic carboxylic acids is 1. The first-order chi connectivity index (χ1) is 8.02. The van der Waals surface area contributed by atoms with E-state index < -0.39 is 5.97 Å². The number of aryl methyl sites for hydroxylation is 1. The van der Waals surface area contributed by atoms with Crippen LogP contribution in [-0.2, 0) is 6.42 Å². The van der Waals surface area contributed by atoms with Crippen molar-refractivity contribution >= 4 is 11.9 Å². The summed E-state index contributed by atoms with van der Waals surface area (Å²) in [6, 6.07) is 0. The molecule has 0 aliphatic heterocycles. The SMILES string of the molecule is CCCNC(=O)c1c(C)[nH]c(C(=O)O)c1CC. The lowest BCUT2D eigenvalue weighted by Gasteiger charge is -2.05. The molecule has 94 valence electrons. The molecule has 5 heteroatoms. The first-order valence-corrected chi connectivity index (χ1v) is 5.75. The number of aromatic amines is 1. The van der Waals surface area contributed by atoms with Crippen molar-refractivity contribution in [1.82, 2.24) is 10.3 Å². The van der Waals surface area contributed by atoms with Crippen LogP contribution >= 0.6 is 0 Å². The molecule has 0 aliphatic rings. The van der Waals surface area contributed by atoms with Gasteiger partial charge in [-0.25, -0.2) is 4.79 Å². The number of carbonyl (C=O) groups is 2. The second-order valence-electron chi connectivity index (χ2n) is 3.89. The van der Waals surface area contributed by atoms with Gasteiger partial charge < -0.3 is 15.4 Å². The van der Waals surface area contributed by atoms with Crippen LogP contribution < -0.4 is 5.32 Å². The molecule has 1 heterocycles. The minimum Gasteiger partial charge on any atom is -0.477 e. The molecule has 0 aliphatic carbocycles. The van der Waals surface area contributed by atoms with Gasteiger partial charge in [0.25, 0.3) is 5.91 Å². The van der Waals surface area contributed by atoms with E-state index in [1.54, 1.807) is 6.92 Å². The van der Waals surface area contributed by atoms with Crippen LogP contribution in [0.15, 0.2) is 0 Å². The molecule has 0 unspecified atom stereocenters. The third-order valence-electron chi connectivity index (χ3n) is 2.62. The van der Waals surface area contributed by atoms with Crippen LogP contribution in [0.3, 0.4) is 0 Å². The zero-order chi connectivity index (χ0) is 13.0. The van der Waals surface area contributed by atoms with Gasteiger partial charge in [0.2, 0.25) is 0 Å². The summed E-state index contributed by atoms with van der Waals surface area (Å²) in [4.78, 5) is 25.7. The number of aromatic nitrogens is 1. The van der Waals surface area contributed by atoms with Crippen molar-refractivity contribution < 1.29 is 14.7 Å². The molecule has 1 aromatic rings. The predicted molar refractivity (Wildman–Crippen MR) is 64.5 cm³/mol. The summed E-state index contributed by atoms with van der Waals surface area (Å²) in [5, 5.41) is 11.8. The van der Waals surface area contributed by atoms with Crippen LogP contribution in [0.1, 0.15) is 52.4 Å². The quantitative estimate of drug-likeness (QED) is 0.730. The third kappa shape index (κ3) is 2.67. The smallest absolute Gasteiger partial charge is 0.352 e. The van der Waals surface area contributed by atoms with Gasteiger partial charge in [0, 0.05) is 12.2 Å². The van der Waals surface area contributed by atoms with Gasteiger partial charge in [0.1, 0.15) is 5.69 Å². The molecule has 0 bridgehead atoms. The van der Waals surface area contributed by atoms with E-state index in [2.05, 4.69) is 10.3 Å². The Balaban J connectivity index is 3.14. The lowest BCUT2D eigenvalue weighted by atomic mass is 10.1. The Morgan fingerprint density at radius 1 is 1.35 bits per heavy atom. The molecule has 0 spiro atoms. The number of rotatable bonds is 5. The highest BCUT2D eigenvalue weighted by Gasteiger charge is 2.22. The fourth-order valence-electron chi connectivity index (χ4n) is 1.85. The average Bonchev–Trinajstić information content (AvgIpc) is 2.63. The summed E-state index contributed by atoms with van der Waals surface area (Å²) < 4.78 is 0. The summed E-state index contributed by atoms with van der Waals surface area (Å²) >= 11 is 0. The maximum Gasteiger partial charge on any atom is 0.352 e. The van der Waals surface area contributed by atoms with Crippen molar-refractivity contribution in [3.63, 3.8) is 0 Å². The first kappa shape index (κ1) is 13.3. The molecule has 0 saturated heterocycles. The number of carbonyl (C=O) groups excluding carboxylic acids is 1. The van der Waals surface area contributed by atoms with Crippen molar-refractivity contribution in [2.24, 2.45) is 0 Å². The fourth-order valence-corrected chi connectivity index (χ4v) is 1.85. The van der Waals surface area contributed by atoms with Crippen molar-refractivity contribution in [1.29, 1.82) is 0 Å². The molecule has 1 amide bonds. The van der Waals surface area contributed by atoms with E-state index in [4.69, 9.17) is 5.11 Å². The monoisotopic (exact) mass is 238 g/mol. The molecule has 5 nitrogen and oxygen atoms in total. The van der Waals surface area contributed by atoms with Gasteiger partial charge in [-0.2, -0.15) is 0 Å². The Bertz CT molecular complexity index is 435. The van der Waals surface area contributed by atoms with Crippen LogP contribution in [0.2, 0.25) is 0 Å². The molecule has 0 atom stereocenters. The molecule has 0 saturated carbocycles. The van der Waals surface area contributed by atoms with Crippen LogP contribution in [0.4, 0.5) is 0 Å². The van der Waals surface area contributed by atoms with Gasteiger partial charge in [-0.1, -0.05) is 13.8 Å². The Morgan fingerprint density at radius 2 is 2.00 bits per heavy atom. The number of hydrogen-bond donors (Lipinski definition) is 3. The van der Waals surface area contributed by atoms with Crippen molar-refractivity contribution in [2.45, 2.75) is 33.6 Å². The van der Waals surface area contributed by atoms with Crippen LogP contribution in [0.5, 0.6) is 0 Å². The summed E-state index contributed by atoms with van der Waals surface area (Å²) in [6.45, 7) is 6.11. The van der Waals surface area contributed by atoms with E-state index in [9.17, 15) is 9.59 Å². The van der Waals surface area contributed by atoms with Crippen LogP contribution in [0, 0.1) is 6.92 Å². The lowest BCUT2D eigenvalue weighted by molar-refractivity contribution is 0.0690. The summed E-state index contributed by atoms with van der Waals surface area (Å²) in [5.74, 6) is -1.23. The lowest BCUT2D eigenvalue weighted by Crippen LogP contribution is -2.25. The molecule has 3 N–H and O–H groups in total. The van der Waals surface area contributed by atoms with E-state index in [1.807, 2.05) is 13.8 Å². The largest absolute Gasteiger partial charge is 0.477 e. The Labute approximate surface area is 100 Å². The number of carboxylic acid groups (broad SMARTS) is 1. The van der Waals surface area contributed by atoms with Gasteiger partial charge in [-0.3, -0.25) is 4.79 Å². The van der Waals surface area contributed by atoms with Crippen molar-refractivity contribution in [2.75, 3.05) is 6.54 Å². The molecule has 0 aromatic carbocycles. The first-order valence-electron chi connectivity index (χ1n) is 5.75. The number of hydrogen-bond acceptors (Lipinski definition) is 2. The molecule has 1 rings (SSSR count). The molecule has 0 fully saturated rings. The van der Waals surface area contributed by atoms with E-state index in [0.29, 0.717) is 29.8 Å². The number of H-pyrrole nitrogens is 1. The molecule has 1 aromatic heterocycles. The normalized spacial score (nSPS) is 10.3. The van der Waals surface area contributed by atoms with Gasteiger partial charge >= 0.3 is 5.97 Å². The highest BCUT2D eigenvalue weighted by Crippen LogP contribution is 2.19. The minimum absolute atomic E-state index is 0.117. The standard InChI is InChI=1S/C12H18N2O3/c1-4-6-13-11(15)9-7(3)14-10(12(16)17)8(9)5-2/h14H,4-6H2,1-3H3,(H,13,15)(H,16,17). The maximum absolute atomic E-state index is 11.9. The minimum atomic E-state index is -1.03. The number of nitrogens with one attached hydrogen (secondary N) is 2. The summed E-state index contributed by atoms with van der Waals surface area (Å²) in [6.07, 6.45) is 1.36. The van der Waals surface area contributed by atoms with Crippen LogP contribution in [0.25, 0.3) is 0 Å². The molecular weight excluding hydrogens is 220 g/mol. The molecule has 0 radical (unpaired) electrons. The predicted octanol–water partition coefficient (Wildman–Crippen LogP) is 1.72. The summed E-state index contributed by atoms with van der Waals surface area (Å²) in [5.41, 5.74) is 1.77. The third-order valence-corrected chi connectivity index (χ3v) is 2.62. The second-order valence-corrected chi connectivity index (χ2v) is 3.89. The average molecular weight is 238 g/mol. The summed E-state index contributed by atoms with van der Waals surface area (Å²) in [7, 11) is 0. The van der Waals surface area contributed by atoms with Crippen molar-refractivity contribution in [3.05, 3.63) is 22.5 Å².